The van der Waals surface area contributed by atoms with Gasteiger partial charge in [0.2, 0.25) is 0 Å². The van der Waals surface area contributed by atoms with Gasteiger partial charge in [-0.25, -0.2) is 0 Å². The average Bonchev–Trinajstić information content (AvgIpc) is 2.72. The summed E-state index contributed by atoms with van der Waals surface area (Å²) < 4.78 is 0. The van der Waals surface area contributed by atoms with Gasteiger partial charge >= 0.3 is 0 Å². The fraction of sp³-hybridized carbons (Fsp3) is 0.667. The largest absolute Gasteiger partial charge is 0.508 e. The Morgan fingerprint density at radius 3 is 1.93 bits per heavy atom. The van der Waals surface area contributed by atoms with Crippen LogP contribution in [0.1, 0.15) is 102 Å². The summed E-state index contributed by atoms with van der Waals surface area (Å²) in [6.45, 7) is 3.11. The van der Waals surface area contributed by atoms with E-state index in [0.717, 1.165) is 13.0 Å². The third kappa shape index (κ3) is 14.2. The SMILES string of the molecule is CCCCCCCCCCCCCCCCNC(=S)N/N=C\c1ccc(O)cc1O. The first-order valence-corrected chi connectivity index (χ1v) is 12.1. The molecule has 0 aliphatic rings. The maximum absolute atomic E-state index is 9.68. The van der Waals surface area contributed by atoms with Crippen LogP contribution in [0.25, 0.3) is 0 Å². The second-order valence-corrected chi connectivity index (χ2v) is 8.37. The van der Waals surface area contributed by atoms with Gasteiger partial charge in [0, 0.05) is 18.2 Å². The molecule has 1 aromatic carbocycles. The molecule has 0 saturated carbocycles. The van der Waals surface area contributed by atoms with Crippen LogP contribution in [0.15, 0.2) is 23.3 Å². The van der Waals surface area contributed by atoms with Crippen LogP contribution in [0.2, 0.25) is 0 Å². The molecule has 0 atom stereocenters. The van der Waals surface area contributed by atoms with E-state index in [1.807, 2.05) is 0 Å². The van der Waals surface area contributed by atoms with Crippen molar-refractivity contribution in [1.82, 2.24) is 10.7 Å². The van der Waals surface area contributed by atoms with Crippen molar-refractivity contribution in [3.05, 3.63) is 23.8 Å². The molecular weight excluding hydrogens is 394 g/mol. The van der Waals surface area contributed by atoms with E-state index in [1.54, 1.807) is 6.07 Å². The molecule has 0 aromatic heterocycles. The van der Waals surface area contributed by atoms with E-state index >= 15 is 0 Å². The number of hydrogen-bond acceptors (Lipinski definition) is 4. The fourth-order valence-corrected chi connectivity index (χ4v) is 3.52. The number of phenols is 2. The molecule has 0 saturated heterocycles. The van der Waals surface area contributed by atoms with Crippen molar-refractivity contribution in [3.63, 3.8) is 0 Å². The van der Waals surface area contributed by atoms with Gasteiger partial charge in [0.05, 0.1) is 6.21 Å². The summed E-state index contributed by atoms with van der Waals surface area (Å²) in [7, 11) is 0. The number of hydrogen-bond donors (Lipinski definition) is 4. The van der Waals surface area contributed by atoms with Crippen molar-refractivity contribution in [2.24, 2.45) is 5.10 Å². The lowest BCUT2D eigenvalue weighted by Crippen LogP contribution is -2.32. The van der Waals surface area contributed by atoms with Crippen LogP contribution in [0.4, 0.5) is 0 Å². The minimum atomic E-state index is -0.0261. The molecule has 0 fully saturated rings. The molecule has 0 spiro atoms. The Kier molecular flexibility index (Phi) is 15.7. The molecule has 0 amide bonds. The number of hydrazone groups is 1. The van der Waals surface area contributed by atoms with Gasteiger partial charge in [0.25, 0.3) is 0 Å². The highest BCUT2D eigenvalue weighted by Gasteiger charge is 1.99. The summed E-state index contributed by atoms with van der Waals surface area (Å²) in [4.78, 5) is 0. The van der Waals surface area contributed by atoms with Gasteiger partial charge in [-0.15, -0.1) is 0 Å². The average molecular weight is 436 g/mol. The zero-order valence-corrected chi connectivity index (χ0v) is 19.5. The van der Waals surface area contributed by atoms with Gasteiger partial charge in [0.15, 0.2) is 5.11 Å². The Bertz CT molecular complexity index is 608. The van der Waals surface area contributed by atoms with Crippen LogP contribution in [-0.4, -0.2) is 28.1 Å². The van der Waals surface area contributed by atoms with Crippen molar-refractivity contribution < 1.29 is 10.2 Å². The topological polar surface area (TPSA) is 76.9 Å². The van der Waals surface area contributed by atoms with Crippen LogP contribution < -0.4 is 10.7 Å². The third-order valence-electron chi connectivity index (χ3n) is 5.20. The molecule has 30 heavy (non-hydrogen) atoms. The van der Waals surface area contributed by atoms with Crippen LogP contribution in [0, 0.1) is 0 Å². The molecule has 6 heteroatoms. The number of benzene rings is 1. The number of nitrogens with one attached hydrogen (secondary N) is 2. The summed E-state index contributed by atoms with van der Waals surface area (Å²) in [5, 5.41) is 26.6. The maximum atomic E-state index is 9.68. The zero-order chi connectivity index (χ0) is 21.9. The Morgan fingerprint density at radius 2 is 1.40 bits per heavy atom. The van der Waals surface area contributed by atoms with Gasteiger partial charge in [-0.05, 0) is 30.8 Å². The van der Waals surface area contributed by atoms with Crippen molar-refractivity contribution in [3.8, 4) is 11.5 Å². The summed E-state index contributed by atoms with van der Waals surface area (Å²) >= 11 is 5.18. The van der Waals surface area contributed by atoms with E-state index in [0.29, 0.717) is 10.7 Å². The molecule has 0 unspecified atom stereocenters. The zero-order valence-electron chi connectivity index (χ0n) is 18.7. The lowest BCUT2D eigenvalue weighted by Gasteiger charge is -2.07. The van der Waals surface area contributed by atoms with E-state index in [1.165, 1.54) is 102 Å². The predicted octanol–water partition coefficient (Wildman–Crippen LogP) is 6.38. The van der Waals surface area contributed by atoms with Crippen LogP contribution in [0.5, 0.6) is 11.5 Å². The first kappa shape index (κ1) is 26.2. The van der Waals surface area contributed by atoms with Gasteiger partial charge < -0.3 is 15.5 Å². The summed E-state index contributed by atoms with van der Waals surface area (Å²) in [5.74, 6) is -0.00945. The molecule has 0 bridgehead atoms. The Hall–Kier alpha value is -1.82. The van der Waals surface area contributed by atoms with E-state index in [-0.39, 0.29) is 11.5 Å². The van der Waals surface area contributed by atoms with E-state index in [2.05, 4.69) is 22.8 Å². The first-order chi connectivity index (χ1) is 14.6. The van der Waals surface area contributed by atoms with Gasteiger partial charge in [-0.2, -0.15) is 5.10 Å². The Balaban J connectivity index is 1.88. The standard InChI is InChI=1S/C24H41N3O2S/c1-2-3-4-5-6-7-8-9-10-11-12-13-14-15-18-25-24(30)27-26-20-21-16-17-22(28)19-23(21)29/h16-17,19-20,28-29H,2-15,18H2,1H3,(H2,25,27,30)/b26-20-. The van der Waals surface area contributed by atoms with E-state index in [9.17, 15) is 10.2 Å². The number of phenolic OH excluding ortho intramolecular Hbond substituents is 2. The molecule has 4 N–H and O–H groups in total. The molecule has 0 heterocycles. The molecule has 1 aromatic rings. The van der Waals surface area contributed by atoms with Gasteiger partial charge in [-0.1, -0.05) is 90.4 Å². The van der Waals surface area contributed by atoms with Crippen LogP contribution >= 0.6 is 12.2 Å². The van der Waals surface area contributed by atoms with Crippen molar-refractivity contribution in [2.45, 2.75) is 96.8 Å². The molecule has 0 radical (unpaired) electrons. The Labute approximate surface area is 188 Å². The normalized spacial score (nSPS) is 11.1. The minimum absolute atomic E-state index is 0.0166. The number of unbranched alkanes of at least 4 members (excludes halogenated alkanes) is 13. The van der Waals surface area contributed by atoms with E-state index < -0.39 is 0 Å². The summed E-state index contributed by atoms with van der Waals surface area (Å²) in [5.41, 5.74) is 3.25. The van der Waals surface area contributed by atoms with Crippen molar-refractivity contribution >= 4 is 23.5 Å². The molecule has 170 valence electrons. The quantitative estimate of drug-likeness (QED) is 0.0989. The molecule has 1 rings (SSSR count). The second-order valence-electron chi connectivity index (χ2n) is 7.97. The van der Waals surface area contributed by atoms with Gasteiger partial charge in [0.1, 0.15) is 11.5 Å². The highest BCUT2D eigenvalue weighted by atomic mass is 32.1. The number of nitrogens with zero attached hydrogens (tertiary/aromatic N) is 1. The lowest BCUT2D eigenvalue weighted by atomic mass is 10.0. The lowest BCUT2D eigenvalue weighted by molar-refractivity contribution is 0.450. The molecule has 0 aliphatic heterocycles. The molecule has 5 nitrogen and oxygen atoms in total. The van der Waals surface area contributed by atoms with Crippen LogP contribution in [0.3, 0.4) is 0 Å². The number of thiocarbonyl (C=S) groups is 1. The minimum Gasteiger partial charge on any atom is -0.508 e. The maximum Gasteiger partial charge on any atom is 0.186 e. The molecule has 0 aliphatic carbocycles. The highest BCUT2D eigenvalue weighted by Crippen LogP contribution is 2.20. The smallest absolute Gasteiger partial charge is 0.186 e. The summed E-state index contributed by atoms with van der Waals surface area (Å²) in [6.07, 6.45) is 20.4. The molecular formula is C24H41N3O2S. The third-order valence-corrected chi connectivity index (χ3v) is 5.44. The van der Waals surface area contributed by atoms with E-state index in [4.69, 9.17) is 12.2 Å². The van der Waals surface area contributed by atoms with Crippen molar-refractivity contribution in [1.29, 1.82) is 0 Å². The first-order valence-electron chi connectivity index (χ1n) is 11.7. The Morgan fingerprint density at radius 1 is 0.867 bits per heavy atom. The number of aromatic hydroxyl groups is 2. The highest BCUT2D eigenvalue weighted by molar-refractivity contribution is 7.80. The van der Waals surface area contributed by atoms with Crippen LogP contribution in [-0.2, 0) is 0 Å². The predicted molar refractivity (Wildman–Crippen MR) is 131 cm³/mol. The monoisotopic (exact) mass is 435 g/mol. The van der Waals surface area contributed by atoms with Gasteiger partial charge in [-0.3, -0.25) is 5.43 Å². The fourth-order valence-electron chi connectivity index (χ4n) is 3.36. The summed E-state index contributed by atoms with van der Waals surface area (Å²) in [6, 6.07) is 4.35. The van der Waals surface area contributed by atoms with Crippen molar-refractivity contribution in [2.75, 3.05) is 6.54 Å². The second kappa shape index (κ2) is 18.0. The number of rotatable bonds is 17.